The maximum absolute atomic E-state index is 12.8. The number of amides is 1. The minimum absolute atomic E-state index is 0.227. The van der Waals surface area contributed by atoms with Crippen LogP contribution >= 0.6 is 23.2 Å². The van der Waals surface area contributed by atoms with Gasteiger partial charge < -0.3 is 16.0 Å². The standard InChI is InChI=1S/C25H27Cl2N5O/c1-16-13-32(14-17(2)29-16)15-22-7-6-18(12-28-22)25(33)31-21-8-9-23(27)24(11-21)30-20-5-3-4-19(26)10-20/h3-12,16-17,29-30H,13-15H2,1-2H3,(H,31,33)/t16-,17+. The third kappa shape index (κ3) is 6.45. The molecule has 1 fully saturated rings. The van der Waals surface area contributed by atoms with E-state index >= 15 is 0 Å². The van der Waals surface area contributed by atoms with Crippen LogP contribution in [0.15, 0.2) is 60.8 Å². The number of piperazine rings is 1. The van der Waals surface area contributed by atoms with Crippen molar-refractivity contribution in [2.24, 2.45) is 0 Å². The van der Waals surface area contributed by atoms with Gasteiger partial charge in [-0.2, -0.15) is 0 Å². The molecule has 0 saturated carbocycles. The summed E-state index contributed by atoms with van der Waals surface area (Å²) in [6.45, 7) is 7.12. The van der Waals surface area contributed by atoms with E-state index < -0.39 is 0 Å². The van der Waals surface area contributed by atoms with Crippen LogP contribution in [0.4, 0.5) is 17.1 Å². The molecule has 1 amide bonds. The third-order valence-electron chi connectivity index (χ3n) is 5.43. The minimum Gasteiger partial charge on any atom is -0.354 e. The van der Waals surface area contributed by atoms with Crippen LogP contribution in [0.25, 0.3) is 0 Å². The number of carbonyl (C=O) groups is 1. The van der Waals surface area contributed by atoms with Crippen molar-refractivity contribution in [2.75, 3.05) is 23.7 Å². The SMILES string of the molecule is C[C@@H]1CN(Cc2ccc(C(=O)Nc3ccc(Cl)c(Nc4cccc(Cl)c4)c3)cn2)C[C@H](C)N1. The van der Waals surface area contributed by atoms with Crippen LogP contribution in [0.2, 0.25) is 10.0 Å². The molecule has 1 aliphatic heterocycles. The van der Waals surface area contributed by atoms with E-state index in [1.54, 1.807) is 36.5 Å². The molecule has 1 aromatic heterocycles. The summed E-state index contributed by atoms with van der Waals surface area (Å²) >= 11 is 12.4. The van der Waals surface area contributed by atoms with Crippen LogP contribution in [0.1, 0.15) is 29.9 Å². The summed E-state index contributed by atoms with van der Waals surface area (Å²) in [6.07, 6.45) is 1.63. The first-order valence-electron chi connectivity index (χ1n) is 10.9. The summed E-state index contributed by atoms with van der Waals surface area (Å²) in [6, 6.07) is 17.3. The van der Waals surface area contributed by atoms with Gasteiger partial charge in [0.05, 0.1) is 22.0 Å². The summed E-state index contributed by atoms with van der Waals surface area (Å²) in [5.74, 6) is -0.227. The topological polar surface area (TPSA) is 69.3 Å². The Morgan fingerprint density at radius 1 is 1.06 bits per heavy atom. The Morgan fingerprint density at radius 2 is 1.85 bits per heavy atom. The number of hydrogen-bond acceptors (Lipinski definition) is 5. The van der Waals surface area contributed by atoms with Crippen molar-refractivity contribution < 1.29 is 4.79 Å². The van der Waals surface area contributed by atoms with Crippen LogP contribution < -0.4 is 16.0 Å². The lowest BCUT2D eigenvalue weighted by Crippen LogP contribution is -2.53. The van der Waals surface area contributed by atoms with Gasteiger partial charge in [0.15, 0.2) is 0 Å². The Morgan fingerprint density at radius 3 is 2.55 bits per heavy atom. The van der Waals surface area contributed by atoms with Gasteiger partial charge in [-0.1, -0.05) is 29.3 Å². The molecule has 3 N–H and O–H groups in total. The van der Waals surface area contributed by atoms with Crippen molar-refractivity contribution in [2.45, 2.75) is 32.5 Å². The molecule has 33 heavy (non-hydrogen) atoms. The summed E-state index contributed by atoms with van der Waals surface area (Å²) in [5.41, 5.74) is 3.56. The lowest BCUT2D eigenvalue weighted by molar-refractivity contribution is 0.102. The van der Waals surface area contributed by atoms with Gasteiger partial charge in [0.1, 0.15) is 0 Å². The average Bonchev–Trinajstić information content (AvgIpc) is 2.76. The molecular weight excluding hydrogens is 457 g/mol. The maximum Gasteiger partial charge on any atom is 0.257 e. The van der Waals surface area contributed by atoms with Crippen molar-refractivity contribution in [3.8, 4) is 0 Å². The zero-order valence-electron chi connectivity index (χ0n) is 18.6. The number of nitrogens with zero attached hydrogens (tertiary/aromatic N) is 2. The predicted octanol–water partition coefficient (Wildman–Crippen LogP) is 5.57. The molecule has 1 aliphatic rings. The van der Waals surface area contributed by atoms with Gasteiger partial charge in [-0.25, -0.2) is 0 Å². The number of hydrogen-bond donors (Lipinski definition) is 3. The van der Waals surface area contributed by atoms with E-state index in [1.165, 1.54) is 0 Å². The van der Waals surface area contributed by atoms with E-state index in [-0.39, 0.29) is 5.91 Å². The van der Waals surface area contributed by atoms with E-state index in [2.05, 4.69) is 39.7 Å². The summed E-state index contributed by atoms with van der Waals surface area (Å²) in [4.78, 5) is 19.7. The van der Waals surface area contributed by atoms with E-state index in [1.807, 2.05) is 24.3 Å². The highest BCUT2D eigenvalue weighted by molar-refractivity contribution is 6.33. The van der Waals surface area contributed by atoms with Crippen molar-refractivity contribution in [1.29, 1.82) is 0 Å². The van der Waals surface area contributed by atoms with Crippen LogP contribution in [-0.2, 0) is 6.54 Å². The zero-order chi connectivity index (χ0) is 23.4. The second kappa shape index (κ2) is 10.5. The summed E-state index contributed by atoms with van der Waals surface area (Å²) in [5, 5.41) is 10.8. The van der Waals surface area contributed by atoms with Crippen molar-refractivity contribution >= 4 is 46.2 Å². The second-order valence-corrected chi connectivity index (χ2v) is 9.33. The minimum atomic E-state index is -0.227. The van der Waals surface area contributed by atoms with Gasteiger partial charge in [-0.15, -0.1) is 0 Å². The number of rotatable bonds is 6. The van der Waals surface area contributed by atoms with Gasteiger partial charge in [0.2, 0.25) is 0 Å². The molecule has 0 aliphatic carbocycles. The Hall–Kier alpha value is -2.64. The molecule has 0 bridgehead atoms. The molecule has 4 rings (SSSR count). The van der Waals surface area contributed by atoms with Crippen molar-refractivity contribution in [1.82, 2.24) is 15.2 Å². The molecule has 2 heterocycles. The number of benzene rings is 2. The van der Waals surface area contributed by atoms with Crippen molar-refractivity contribution in [3.63, 3.8) is 0 Å². The molecule has 6 nitrogen and oxygen atoms in total. The highest BCUT2D eigenvalue weighted by atomic mass is 35.5. The lowest BCUT2D eigenvalue weighted by Gasteiger charge is -2.35. The first-order chi connectivity index (χ1) is 15.9. The Kier molecular flexibility index (Phi) is 7.50. The third-order valence-corrected chi connectivity index (χ3v) is 6.00. The Labute approximate surface area is 204 Å². The number of halogens is 2. The number of pyridine rings is 1. The molecule has 8 heteroatoms. The average molecular weight is 484 g/mol. The Balaban J connectivity index is 1.39. The van der Waals surface area contributed by atoms with E-state index in [4.69, 9.17) is 23.2 Å². The predicted molar refractivity (Wildman–Crippen MR) is 136 cm³/mol. The fourth-order valence-corrected chi connectivity index (χ4v) is 4.43. The number of carbonyl (C=O) groups excluding carboxylic acids is 1. The van der Waals surface area contributed by atoms with E-state index in [0.717, 1.165) is 31.0 Å². The monoisotopic (exact) mass is 483 g/mol. The molecule has 2 aromatic carbocycles. The van der Waals surface area contributed by atoms with Crippen LogP contribution in [0.5, 0.6) is 0 Å². The maximum atomic E-state index is 12.8. The molecule has 3 aromatic rings. The van der Waals surface area contributed by atoms with Gasteiger partial charge >= 0.3 is 0 Å². The normalized spacial score (nSPS) is 18.7. The van der Waals surface area contributed by atoms with Crippen LogP contribution in [0, 0.1) is 0 Å². The van der Waals surface area contributed by atoms with Gasteiger partial charge in [0.25, 0.3) is 5.91 Å². The summed E-state index contributed by atoms with van der Waals surface area (Å²) < 4.78 is 0. The van der Waals surface area contributed by atoms with Gasteiger partial charge in [-0.05, 0) is 62.4 Å². The van der Waals surface area contributed by atoms with Gasteiger partial charge in [-0.3, -0.25) is 14.7 Å². The van der Waals surface area contributed by atoms with Gasteiger partial charge in [0, 0.05) is 54.3 Å². The number of nitrogens with one attached hydrogen (secondary N) is 3. The molecule has 0 spiro atoms. The van der Waals surface area contributed by atoms with Crippen LogP contribution in [-0.4, -0.2) is 41.0 Å². The van der Waals surface area contributed by atoms with E-state index in [9.17, 15) is 4.79 Å². The quantitative estimate of drug-likeness (QED) is 0.427. The van der Waals surface area contributed by atoms with Crippen molar-refractivity contribution in [3.05, 3.63) is 82.1 Å². The molecular formula is C25H27Cl2N5O. The van der Waals surface area contributed by atoms with E-state index in [0.29, 0.717) is 39.1 Å². The lowest BCUT2D eigenvalue weighted by atomic mass is 10.1. The first kappa shape index (κ1) is 23.5. The summed E-state index contributed by atoms with van der Waals surface area (Å²) in [7, 11) is 0. The smallest absolute Gasteiger partial charge is 0.257 e. The largest absolute Gasteiger partial charge is 0.354 e. The number of anilines is 3. The molecule has 2 atom stereocenters. The molecule has 172 valence electrons. The number of aromatic nitrogens is 1. The second-order valence-electron chi connectivity index (χ2n) is 8.49. The Bertz CT molecular complexity index is 1110. The molecule has 0 unspecified atom stereocenters. The van der Waals surface area contributed by atoms with Crippen LogP contribution in [0.3, 0.4) is 0 Å². The molecule has 1 saturated heterocycles. The highest BCUT2D eigenvalue weighted by Crippen LogP contribution is 2.29. The highest BCUT2D eigenvalue weighted by Gasteiger charge is 2.21. The fourth-order valence-electron chi connectivity index (χ4n) is 4.07. The fraction of sp³-hybridized carbons (Fsp3) is 0.280. The first-order valence-corrected chi connectivity index (χ1v) is 11.7. The zero-order valence-corrected chi connectivity index (χ0v) is 20.1. The molecule has 0 radical (unpaired) electrons.